The highest BCUT2D eigenvalue weighted by molar-refractivity contribution is 6.13. The number of fused-ring (bicyclic) bond motifs is 1. The molecule has 0 aliphatic heterocycles. The maximum absolute atomic E-state index is 13.3. The molecule has 2 heterocycles. The van der Waals surface area contributed by atoms with Crippen LogP contribution in [0.4, 0.5) is 5.69 Å². The van der Waals surface area contributed by atoms with E-state index >= 15 is 0 Å². The topological polar surface area (TPSA) is 78.3 Å². The number of carbonyl (C=O) groups is 1. The van der Waals surface area contributed by atoms with Crippen molar-refractivity contribution in [2.45, 2.75) is 20.8 Å². The van der Waals surface area contributed by atoms with Gasteiger partial charge in [0, 0.05) is 29.6 Å². The minimum atomic E-state index is -0.252. The Morgan fingerprint density at radius 2 is 1.58 bits per heavy atom. The minimum absolute atomic E-state index is 0.252. The summed E-state index contributed by atoms with van der Waals surface area (Å²) in [7, 11) is 3.14. The molecule has 0 aliphatic carbocycles. The number of amides is 1. The van der Waals surface area contributed by atoms with E-state index in [-0.39, 0.29) is 5.91 Å². The summed E-state index contributed by atoms with van der Waals surface area (Å²) in [5, 5.41) is 8.34. The SMILES string of the molecule is COc1cc(NC(=O)c2cc(C)nc3c2c(C)nn3-c2ccc(C)cc2)cc(OC)c1. The Bertz CT molecular complexity index is 1250. The van der Waals surface area contributed by atoms with Crippen molar-refractivity contribution < 1.29 is 14.3 Å². The Balaban J connectivity index is 1.79. The second-order valence-electron chi connectivity index (χ2n) is 7.40. The van der Waals surface area contributed by atoms with Crippen molar-refractivity contribution in [1.82, 2.24) is 14.8 Å². The molecule has 2 aromatic carbocycles. The van der Waals surface area contributed by atoms with Crippen molar-refractivity contribution in [3.8, 4) is 17.2 Å². The molecule has 2 aromatic heterocycles. The number of aryl methyl sites for hydroxylation is 3. The van der Waals surface area contributed by atoms with Crippen LogP contribution in [0.2, 0.25) is 0 Å². The van der Waals surface area contributed by atoms with Gasteiger partial charge in [0.1, 0.15) is 11.5 Å². The molecular weight excluding hydrogens is 392 g/mol. The number of nitrogens with one attached hydrogen (secondary N) is 1. The predicted octanol–water partition coefficient (Wildman–Crippen LogP) is 4.62. The van der Waals surface area contributed by atoms with Gasteiger partial charge in [0.25, 0.3) is 5.91 Å². The largest absolute Gasteiger partial charge is 0.497 e. The fourth-order valence-corrected chi connectivity index (χ4v) is 3.54. The lowest BCUT2D eigenvalue weighted by Gasteiger charge is -2.11. The molecule has 0 atom stereocenters. The molecule has 0 spiro atoms. The van der Waals surface area contributed by atoms with Crippen molar-refractivity contribution in [2.24, 2.45) is 0 Å². The molecule has 0 fully saturated rings. The zero-order valence-electron chi connectivity index (χ0n) is 18.2. The van der Waals surface area contributed by atoms with Gasteiger partial charge < -0.3 is 14.8 Å². The molecule has 0 bridgehead atoms. The van der Waals surface area contributed by atoms with Crippen molar-refractivity contribution in [3.05, 3.63) is 71.0 Å². The summed E-state index contributed by atoms with van der Waals surface area (Å²) >= 11 is 0. The van der Waals surface area contributed by atoms with Crippen LogP contribution in [0.25, 0.3) is 16.7 Å². The number of methoxy groups -OCH3 is 2. The highest BCUT2D eigenvalue weighted by Gasteiger charge is 2.20. The smallest absolute Gasteiger partial charge is 0.256 e. The Kier molecular flexibility index (Phi) is 5.33. The predicted molar refractivity (Wildman–Crippen MR) is 121 cm³/mol. The molecule has 31 heavy (non-hydrogen) atoms. The van der Waals surface area contributed by atoms with E-state index in [1.807, 2.05) is 45.0 Å². The quantitative estimate of drug-likeness (QED) is 0.514. The van der Waals surface area contributed by atoms with Crippen molar-refractivity contribution in [2.75, 3.05) is 19.5 Å². The zero-order chi connectivity index (χ0) is 22.1. The van der Waals surface area contributed by atoms with E-state index in [0.717, 1.165) is 28.0 Å². The van der Waals surface area contributed by atoms with Gasteiger partial charge in [-0.2, -0.15) is 5.10 Å². The van der Waals surface area contributed by atoms with Gasteiger partial charge >= 0.3 is 0 Å². The van der Waals surface area contributed by atoms with Crippen LogP contribution < -0.4 is 14.8 Å². The molecule has 1 amide bonds. The lowest BCUT2D eigenvalue weighted by Crippen LogP contribution is -2.13. The Hall–Kier alpha value is -3.87. The molecular formula is C24H24N4O3. The second kappa shape index (κ2) is 8.10. The standard InChI is InChI=1S/C24H24N4O3/c1-14-6-8-18(9-7-14)28-23-22(16(3)27-28)21(10-15(2)25-23)24(29)26-17-11-19(30-4)13-20(12-17)31-5/h6-13H,1-5H3,(H,26,29). The van der Waals surface area contributed by atoms with Crippen molar-refractivity contribution in [3.63, 3.8) is 0 Å². The molecule has 7 heteroatoms. The second-order valence-corrected chi connectivity index (χ2v) is 7.40. The number of hydrogen-bond donors (Lipinski definition) is 1. The Morgan fingerprint density at radius 3 is 2.19 bits per heavy atom. The van der Waals surface area contributed by atoms with Crippen LogP contribution >= 0.6 is 0 Å². The molecule has 0 saturated carbocycles. The van der Waals surface area contributed by atoms with E-state index in [2.05, 4.69) is 15.4 Å². The normalized spacial score (nSPS) is 10.9. The van der Waals surface area contributed by atoms with Crippen LogP contribution in [0.5, 0.6) is 11.5 Å². The first kappa shape index (κ1) is 20.4. The molecule has 4 rings (SSSR count). The maximum Gasteiger partial charge on any atom is 0.256 e. The highest BCUT2D eigenvalue weighted by atomic mass is 16.5. The molecule has 0 radical (unpaired) electrons. The van der Waals surface area contributed by atoms with Gasteiger partial charge in [-0.15, -0.1) is 0 Å². The number of pyridine rings is 1. The van der Waals surface area contributed by atoms with Gasteiger partial charge in [-0.25, -0.2) is 9.67 Å². The van der Waals surface area contributed by atoms with Crippen molar-refractivity contribution >= 4 is 22.6 Å². The summed E-state index contributed by atoms with van der Waals surface area (Å²) in [5.41, 5.74) is 5.26. The zero-order valence-corrected chi connectivity index (χ0v) is 18.2. The van der Waals surface area contributed by atoms with Crippen molar-refractivity contribution in [1.29, 1.82) is 0 Å². The van der Waals surface area contributed by atoms with E-state index in [1.165, 1.54) is 0 Å². The number of nitrogens with zero attached hydrogens (tertiary/aromatic N) is 3. The van der Waals surface area contributed by atoms with Gasteiger partial charge in [0.15, 0.2) is 5.65 Å². The highest BCUT2D eigenvalue weighted by Crippen LogP contribution is 2.28. The number of hydrogen-bond acceptors (Lipinski definition) is 5. The number of aromatic nitrogens is 3. The third-order valence-corrected chi connectivity index (χ3v) is 5.07. The van der Waals surface area contributed by atoms with Crippen LogP contribution in [-0.2, 0) is 0 Å². The maximum atomic E-state index is 13.3. The van der Waals surface area contributed by atoms with E-state index < -0.39 is 0 Å². The van der Waals surface area contributed by atoms with Gasteiger partial charge in [-0.05, 0) is 39.0 Å². The average molecular weight is 416 g/mol. The lowest BCUT2D eigenvalue weighted by atomic mass is 10.1. The van der Waals surface area contributed by atoms with Gasteiger partial charge in [-0.1, -0.05) is 17.7 Å². The van der Waals surface area contributed by atoms with Gasteiger partial charge in [0.05, 0.1) is 36.6 Å². The summed E-state index contributed by atoms with van der Waals surface area (Å²) in [5.74, 6) is 0.931. The summed E-state index contributed by atoms with van der Waals surface area (Å²) in [6.07, 6.45) is 0. The average Bonchev–Trinajstić information content (AvgIpc) is 3.09. The van der Waals surface area contributed by atoms with Gasteiger partial charge in [-0.3, -0.25) is 4.79 Å². The summed E-state index contributed by atoms with van der Waals surface area (Å²) in [4.78, 5) is 17.9. The molecule has 1 N–H and O–H groups in total. The van der Waals surface area contributed by atoms with Crippen LogP contribution in [-0.4, -0.2) is 34.9 Å². The van der Waals surface area contributed by atoms with Crippen LogP contribution in [0.15, 0.2) is 48.5 Å². The number of anilines is 1. The summed E-state index contributed by atoms with van der Waals surface area (Å²) < 4.78 is 12.4. The third-order valence-electron chi connectivity index (χ3n) is 5.07. The van der Waals surface area contributed by atoms with Gasteiger partial charge in [0.2, 0.25) is 0 Å². The first-order valence-electron chi connectivity index (χ1n) is 9.88. The Morgan fingerprint density at radius 1 is 0.935 bits per heavy atom. The molecule has 0 saturated heterocycles. The van der Waals surface area contributed by atoms with Crippen LogP contribution in [0.1, 0.15) is 27.3 Å². The third kappa shape index (κ3) is 3.94. The molecule has 4 aromatic rings. The van der Waals surface area contributed by atoms with E-state index in [4.69, 9.17) is 9.47 Å². The fourth-order valence-electron chi connectivity index (χ4n) is 3.54. The minimum Gasteiger partial charge on any atom is -0.497 e. The van der Waals surface area contributed by atoms with Crippen LogP contribution in [0.3, 0.4) is 0 Å². The lowest BCUT2D eigenvalue weighted by molar-refractivity contribution is 0.102. The molecule has 0 aliphatic rings. The first-order valence-corrected chi connectivity index (χ1v) is 9.88. The van der Waals surface area contributed by atoms with E-state index in [1.54, 1.807) is 43.2 Å². The monoisotopic (exact) mass is 416 g/mol. The number of ether oxygens (including phenoxy) is 2. The number of carbonyl (C=O) groups excluding carboxylic acids is 1. The number of benzene rings is 2. The van der Waals surface area contributed by atoms with Crippen LogP contribution in [0, 0.1) is 20.8 Å². The molecule has 158 valence electrons. The molecule has 7 nitrogen and oxygen atoms in total. The fraction of sp³-hybridized carbons (Fsp3) is 0.208. The summed E-state index contributed by atoms with van der Waals surface area (Å²) in [6.45, 7) is 5.79. The Labute approximate surface area is 180 Å². The van der Waals surface area contributed by atoms with E-state index in [0.29, 0.717) is 28.4 Å². The number of rotatable bonds is 5. The molecule has 0 unspecified atom stereocenters. The van der Waals surface area contributed by atoms with E-state index in [9.17, 15) is 4.79 Å². The summed E-state index contributed by atoms with van der Waals surface area (Å²) in [6, 6.07) is 15.1. The first-order chi connectivity index (χ1) is 14.9.